The molecule has 0 saturated heterocycles. The highest BCUT2D eigenvalue weighted by atomic mass is 35.5. The maximum atomic E-state index is 13.0. The molecule has 0 unspecified atom stereocenters. The predicted octanol–water partition coefficient (Wildman–Crippen LogP) is 7.29. The minimum absolute atomic E-state index is 0.0376. The summed E-state index contributed by atoms with van der Waals surface area (Å²) in [4.78, 5) is 17.6. The van der Waals surface area contributed by atoms with Crippen LogP contribution in [0.15, 0.2) is 72.0 Å². The molecule has 1 saturated carbocycles. The van der Waals surface area contributed by atoms with E-state index in [1.165, 1.54) is 27.4 Å². The van der Waals surface area contributed by atoms with Crippen LogP contribution in [-0.4, -0.2) is 59.6 Å². The molecule has 288 valence electrons. The number of aromatic nitrogens is 3. The summed E-state index contributed by atoms with van der Waals surface area (Å²) in [5, 5.41) is 18.5. The molecule has 13 heteroatoms. The number of sulfonamides is 1. The summed E-state index contributed by atoms with van der Waals surface area (Å²) in [6, 6.07) is 16.9. The number of anilines is 1. The molecule has 4 aromatic rings. The molecule has 3 aliphatic rings. The fourth-order valence-electron chi connectivity index (χ4n) is 9.12. The third-order valence-corrected chi connectivity index (χ3v) is 13.5. The Morgan fingerprint density at radius 2 is 1.93 bits per heavy atom. The van der Waals surface area contributed by atoms with E-state index < -0.39 is 21.5 Å². The molecule has 0 amide bonds. The average Bonchev–Trinajstić information content (AvgIpc) is 3.71. The van der Waals surface area contributed by atoms with Crippen LogP contribution in [-0.2, 0) is 40.1 Å². The van der Waals surface area contributed by atoms with Crippen LogP contribution in [0.2, 0.25) is 5.02 Å². The van der Waals surface area contributed by atoms with E-state index in [0.29, 0.717) is 54.7 Å². The number of halogens is 1. The fourth-order valence-corrected chi connectivity index (χ4v) is 10.3. The zero-order valence-corrected chi connectivity index (χ0v) is 32.8. The van der Waals surface area contributed by atoms with Gasteiger partial charge in [-0.05, 0) is 135 Å². The zero-order chi connectivity index (χ0) is 38.1. The van der Waals surface area contributed by atoms with Crippen molar-refractivity contribution < 1.29 is 27.8 Å². The number of carboxylic acids is 1. The first kappa shape index (κ1) is 38.2. The van der Waals surface area contributed by atoms with Crippen LogP contribution in [0, 0.1) is 11.8 Å². The molecular weight excluding hydrogens is 726 g/mol. The number of carbonyl (C=O) groups is 1. The van der Waals surface area contributed by atoms with Gasteiger partial charge in [0.05, 0.1) is 6.61 Å². The largest absolute Gasteiger partial charge is 0.493 e. The first-order chi connectivity index (χ1) is 25.9. The highest BCUT2D eigenvalue weighted by Crippen LogP contribution is 2.57. The number of ether oxygens (including phenoxy) is 2. The molecule has 2 aromatic carbocycles. The van der Waals surface area contributed by atoms with Crippen LogP contribution in [0.3, 0.4) is 0 Å². The first-order valence-electron chi connectivity index (χ1n) is 19.0. The van der Waals surface area contributed by atoms with E-state index in [2.05, 4.69) is 46.1 Å². The molecule has 0 bridgehead atoms. The Morgan fingerprint density at radius 1 is 1.11 bits per heavy atom. The van der Waals surface area contributed by atoms with E-state index in [9.17, 15) is 18.3 Å². The number of hydrogen-bond donors (Lipinski definition) is 3. The van der Waals surface area contributed by atoms with Crippen LogP contribution in [0.4, 0.5) is 5.69 Å². The Bertz CT molecular complexity index is 2100. The molecule has 0 aliphatic heterocycles. The summed E-state index contributed by atoms with van der Waals surface area (Å²) >= 11 is 6.28. The lowest BCUT2D eigenvalue weighted by Crippen LogP contribution is -2.53. The SMILES string of the molecule is C[C@@H](COc1ccnc2c1[C@H](C)CCC2)C[C@H]1Cc2ccc(OCCNS(=O)(=O)c3ccn(C)n3)cc2C12CCC(Nc1cccc(Cl)c1)(C(=O)O)CC2. The Morgan fingerprint density at radius 3 is 2.67 bits per heavy atom. The fraction of sp³-hybridized carbons (Fsp3) is 0.488. The third-order valence-electron chi connectivity index (χ3n) is 11.9. The molecule has 1 spiro atoms. The second-order valence-corrected chi connectivity index (χ2v) is 17.7. The molecule has 7 rings (SSSR count). The van der Waals surface area contributed by atoms with Crippen molar-refractivity contribution >= 4 is 33.3 Å². The van der Waals surface area contributed by atoms with Gasteiger partial charge in [0, 0.05) is 48.0 Å². The number of aliphatic carboxylic acids is 1. The van der Waals surface area contributed by atoms with Gasteiger partial charge in [0.25, 0.3) is 10.0 Å². The van der Waals surface area contributed by atoms with Crippen LogP contribution < -0.4 is 19.5 Å². The van der Waals surface area contributed by atoms with Crippen LogP contribution in [0.1, 0.15) is 87.1 Å². The molecule has 3 aliphatic carbocycles. The third kappa shape index (κ3) is 7.83. The molecule has 11 nitrogen and oxygen atoms in total. The van der Waals surface area contributed by atoms with Gasteiger partial charge in [-0.1, -0.05) is 37.6 Å². The van der Waals surface area contributed by atoms with Crippen molar-refractivity contribution in [2.24, 2.45) is 18.9 Å². The lowest BCUT2D eigenvalue weighted by Gasteiger charge is -2.47. The van der Waals surface area contributed by atoms with E-state index in [1.807, 2.05) is 30.5 Å². The van der Waals surface area contributed by atoms with Gasteiger partial charge in [0.2, 0.25) is 0 Å². The Hall–Kier alpha value is -4.13. The number of nitrogens with one attached hydrogen (secondary N) is 2. The molecule has 54 heavy (non-hydrogen) atoms. The van der Waals surface area contributed by atoms with Crippen LogP contribution >= 0.6 is 11.6 Å². The molecule has 2 heterocycles. The van der Waals surface area contributed by atoms with Gasteiger partial charge in [-0.15, -0.1) is 0 Å². The lowest BCUT2D eigenvalue weighted by molar-refractivity contribution is -0.144. The van der Waals surface area contributed by atoms with Gasteiger partial charge in [-0.2, -0.15) is 5.10 Å². The van der Waals surface area contributed by atoms with Gasteiger partial charge >= 0.3 is 5.97 Å². The summed E-state index contributed by atoms with van der Waals surface area (Å²) in [5.74, 6) is 1.69. The Balaban J connectivity index is 1.09. The van der Waals surface area contributed by atoms with Crippen molar-refractivity contribution in [2.75, 3.05) is 25.1 Å². The number of rotatable bonds is 14. The quantitative estimate of drug-likeness (QED) is 0.113. The van der Waals surface area contributed by atoms with Crippen molar-refractivity contribution in [1.29, 1.82) is 0 Å². The lowest BCUT2D eigenvalue weighted by atomic mass is 9.59. The number of aryl methyl sites for hydroxylation is 2. The average molecular weight is 776 g/mol. The van der Waals surface area contributed by atoms with Crippen molar-refractivity contribution in [1.82, 2.24) is 19.5 Å². The number of fused-ring (bicyclic) bond motifs is 3. The molecule has 0 radical (unpaired) electrons. The smallest absolute Gasteiger partial charge is 0.329 e. The number of carboxylic acid groups (broad SMARTS) is 1. The molecule has 2 aromatic heterocycles. The van der Waals surface area contributed by atoms with Gasteiger partial charge in [0.1, 0.15) is 23.6 Å². The first-order valence-corrected chi connectivity index (χ1v) is 20.9. The van der Waals surface area contributed by atoms with Crippen LogP contribution in [0.25, 0.3) is 0 Å². The molecule has 3 atom stereocenters. The van der Waals surface area contributed by atoms with Crippen molar-refractivity contribution in [3.63, 3.8) is 0 Å². The summed E-state index contributed by atoms with van der Waals surface area (Å²) in [5.41, 5.74) is 4.16. The minimum atomic E-state index is -3.75. The van der Waals surface area contributed by atoms with E-state index in [1.54, 1.807) is 25.4 Å². The summed E-state index contributed by atoms with van der Waals surface area (Å²) in [6.07, 6.45) is 10.8. The van der Waals surface area contributed by atoms with Crippen molar-refractivity contribution in [2.45, 2.75) is 93.5 Å². The Labute approximate surface area is 322 Å². The highest BCUT2D eigenvalue weighted by molar-refractivity contribution is 7.89. The number of benzene rings is 2. The van der Waals surface area contributed by atoms with E-state index >= 15 is 0 Å². The topological polar surface area (TPSA) is 145 Å². The summed E-state index contributed by atoms with van der Waals surface area (Å²) in [6.45, 7) is 5.31. The second-order valence-electron chi connectivity index (χ2n) is 15.6. The molecule has 1 fully saturated rings. The maximum Gasteiger partial charge on any atom is 0.329 e. The monoisotopic (exact) mass is 775 g/mol. The second kappa shape index (κ2) is 15.5. The van der Waals surface area contributed by atoms with Gasteiger partial charge in [0.15, 0.2) is 5.03 Å². The van der Waals surface area contributed by atoms with Gasteiger partial charge in [-0.25, -0.2) is 17.9 Å². The van der Waals surface area contributed by atoms with Crippen molar-refractivity contribution in [3.05, 3.63) is 94.4 Å². The summed E-state index contributed by atoms with van der Waals surface area (Å²) in [7, 11) is -2.09. The normalized spacial score (nSPS) is 24.1. The Kier molecular flexibility index (Phi) is 11.0. The predicted molar refractivity (Wildman–Crippen MR) is 208 cm³/mol. The van der Waals surface area contributed by atoms with E-state index in [-0.39, 0.29) is 35.4 Å². The summed E-state index contributed by atoms with van der Waals surface area (Å²) < 4.78 is 42.0. The van der Waals surface area contributed by atoms with E-state index in [0.717, 1.165) is 43.5 Å². The highest BCUT2D eigenvalue weighted by Gasteiger charge is 2.54. The number of hydrogen-bond acceptors (Lipinski definition) is 8. The molecule has 3 N–H and O–H groups in total. The standard InChI is InChI=1S/C41H50ClN5O6S/c1-27(26-53-36-12-18-43-35-9-4-6-28(2)38(35)36)22-30-23-29-10-11-33(52-21-19-44-54(50,51)37-13-20-47(3)46-37)25-34(29)40(30)14-16-41(17-15-40,39(48)49)45-32-8-5-7-31(42)24-32/h5,7-8,10-13,18,20,24-25,27-28,30,44-45H,4,6,9,14-17,19,21-23,26H2,1-3H3,(H,48,49)/t27-,28-,30+,40?,41?/m1/s1. The van der Waals surface area contributed by atoms with Gasteiger partial charge < -0.3 is 19.9 Å². The van der Waals surface area contributed by atoms with Crippen molar-refractivity contribution in [3.8, 4) is 11.5 Å². The van der Waals surface area contributed by atoms with Gasteiger partial charge in [-0.3, -0.25) is 9.67 Å². The number of pyridine rings is 1. The maximum absolute atomic E-state index is 13.0. The van der Waals surface area contributed by atoms with Crippen LogP contribution in [0.5, 0.6) is 11.5 Å². The zero-order valence-electron chi connectivity index (χ0n) is 31.2. The number of nitrogens with zero attached hydrogens (tertiary/aromatic N) is 3. The molecular formula is C41H50ClN5O6S. The minimum Gasteiger partial charge on any atom is -0.493 e. The van der Waals surface area contributed by atoms with E-state index in [4.69, 9.17) is 21.1 Å².